The lowest BCUT2D eigenvalue weighted by molar-refractivity contribution is 0.0982. The first-order valence-corrected chi connectivity index (χ1v) is 12.4. The van der Waals surface area contributed by atoms with Gasteiger partial charge in [-0.3, -0.25) is 9.69 Å². The molecule has 9 nitrogen and oxygen atoms in total. The number of fused-ring (bicyclic) bond motifs is 1. The van der Waals surface area contributed by atoms with Crippen molar-refractivity contribution < 1.29 is 9.53 Å². The summed E-state index contributed by atoms with van der Waals surface area (Å²) < 4.78 is 5.39. The third-order valence-electron chi connectivity index (χ3n) is 6.33. The Hall–Kier alpha value is -3.11. The van der Waals surface area contributed by atoms with Crippen LogP contribution in [0.15, 0.2) is 48.7 Å². The summed E-state index contributed by atoms with van der Waals surface area (Å²) in [6.07, 6.45) is 1.53. The number of nitrogens with one attached hydrogen (secondary N) is 2. The number of halogens is 2. The number of carbonyl (C=O) groups excluding carboxylic acids is 1. The van der Waals surface area contributed by atoms with Gasteiger partial charge in [0, 0.05) is 51.4 Å². The average molecular weight is 528 g/mol. The van der Waals surface area contributed by atoms with E-state index >= 15 is 0 Å². The number of nitrogens with zero attached hydrogens (tertiary/aromatic N) is 5. The molecule has 36 heavy (non-hydrogen) atoms. The summed E-state index contributed by atoms with van der Waals surface area (Å²) >= 11 is 12.7. The molecule has 5 rings (SSSR count). The lowest BCUT2D eigenvalue weighted by Gasteiger charge is -2.37. The molecule has 1 unspecified atom stereocenters. The van der Waals surface area contributed by atoms with Crippen molar-refractivity contribution in [1.29, 1.82) is 0 Å². The lowest BCUT2D eigenvalue weighted by atomic mass is 10.1. The summed E-state index contributed by atoms with van der Waals surface area (Å²) in [6.45, 7) is 3.68. The molecular weight excluding hydrogens is 501 g/mol. The highest BCUT2D eigenvalue weighted by atomic mass is 35.5. The number of hydrogen-bond donors (Lipinski definition) is 2. The van der Waals surface area contributed by atoms with E-state index in [2.05, 4.69) is 37.6 Å². The Morgan fingerprint density at radius 3 is 2.64 bits per heavy atom. The largest absolute Gasteiger partial charge is 0.383 e. The number of hydrogen-bond acceptors (Lipinski definition) is 8. The highest BCUT2D eigenvalue weighted by molar-refractivity contribution is 6.40. The van der Waals surface area contributed by atoms with Gasteiger partial charge < -0.3 is 25.2 Å². The average Bonchev–Trinajstić information content (AvgIpc) is 2.88. The molecule has 2 aromatic carbocycles. The Morgan fingerprint density at radius 2 is 1.92 bits per heavy atom. The monoisotopic (exact) mass is 527 g/mol. The van der Waals surface area contributed by atoms with Gasteiger partial charge in [0.25, 0.3) is 5.91 Å². The number of ether oxygens (including phenoxy) is 1. The molecule has 0 bridgehead atoms. The van der Waals surface area contributed by atoms with Crippen LogP contribution in [0.2, 0.25) is 10.0 Å². The van der Waals surface area contributed by atoms with Crippen LogP contribution in [0.1, 0.15) is 10.4 Å². The quantitative estimate of drug-likeness (QED) is 0.497. The van der Waals surface area contributed by atoms with Gasteiger partial charge in [0.1, 0.15) is 11.4 Å². The van der Waals surface area contributed by atoms with Crippen LogP contribution in [0.25, 0.3) is 0 Å². The van der Waals surface area contributed by atoms with Crippen LogP contribution in [0.4, 0.5) is 28.8 Å². The van der Waals surface area contributed by atoms with Gasteiger partial charge in [-0.05, 0) is 36.4 Å². The zero-order valence-corrected chi connectivity index (χ0v) is 21.6. The molecule has 2 aliphatic heterocycles. The zero-order chi connectivity index (χ0) is 25.2. The second kappa shape index (κ2) is 10.5. The van der Waals surface area contributed by atoms with E-state index in [0.29, 0.717) is 45.7 Å². The molecule has 1 amide bonds. The Bertz CT molecular complexity index is 1240. The molecule has 2 aliphatic rings. The van der Waals surface area contributed by atoms with Crippen LogP contribution >= 0.6 is 23.2 Å². The minimum Gasteiger partial charge on any atom is -0.383 e. The summed E-state index contributed by atoms with van der Waals surface area (Å²) in [7, 11) is 3.59. The Morgan fingerprint density at radius 1 is 1.17 bits per heavy atom. The molecule has 1 fully saturated rings. The fraction of sp³-hybridized carbons (Fsp3) is 0.320. The molecule has 2 N–H and O–H groups in total. The maximum absolute atomic E-state index is 13.3. The number of rotatable bonds is 6. The summed E-state index contributed by atoms with van der Waals surface area (Å²) in [5.41, 5.74) is 2.84. The van der Waals surface area contributed by atoms with Crippen molar-refractivity contribution in [3.05, 3.63) is 64.3 Å². The number of anilines is 5. The van der Waals surface area contributed by atoms with Gasteiger partial charge in [0.05, 0.1) is 35.1 Å². The molecule has 1 aromatic heterocycles. The number of benzene rings is 2. The number of methoxy groups -OCH3 is 1. The summed E-state index contributed by atoms with van der Waals surface area (Å²) in [5, 5.41) is 7.48. The highest BCUT2D eigenvalue weighted by Gasteiger charge is 2.32. The molecule has 3 aromatic rings. The SMILES string of the molecule is COCC1CNCCN1c1ccc(Nc2ncc3c(n2)N(C)CN(c2c(Cl)cccc2Cl)C3=O)cc1. The van der Waals surface area contributed by atoms with Gasteiger partial charge in [-0.1, -0.05) is 29.3 Å². The maximum Gasteiger partial charge on any atom is 0.265 e. The first-order chi connectivity index (χ1) is 17.5. The Labute approximate surface area is 220 Å². The van der Waals surface area contributed by atoms with E-state index in [0.717, 1.165) is 31.0 Å². The van der Waals surface area contributed by atoms with Gasteiger partial charge in [0.2, 0.25) is 5.95 Å². The second-order valence-electron chi connectivity index (χ2n) is 8.75. The number of carbonyl (C=O) groups is 1. The number of aromatic nitrogens is 2. The molecule has 0 spiro atoms. The maximum atomic E-state index is 13.3. The van der Waals surface area contributed by atoms with Gasteiger partial charge in [-0.15, -0.1) is 0 Å². The van der Waals surface area contributed by atoms with E-state index in [-0.39, 0.29) is 12.6 Å². The summed E-state index contributed by atoms with van der Waals surface area (Å²) in [5.74, 6) is 0.692. The standard InChI is InChI=1S/C25H27Cl2N7O2/c1-32-15-34(22-20(26)4-3-5-21(22)27)24(35)19-13-29-25(31-23(19)32)30-16-6-8-17(9-7-16)33-11-10-28-12-18(33)14-36-2/h3-9,13,18,28H,10-12,14-15H2,1-2H3,(H,29,30,31). The van der Waals surface area contributed by atoms with E-state index in [1.807, 2.05) is 24.1 Å². The normalized spacial score (nSPS) is 17.8. The van der Waals surface area contributed by atoms with Crippen molar-refractivity contribution >= 4 is 57.9 Å². The third-order valence-corrected chi connectivity index (χ3v) is 6.94. The smallest absolute Gasteiger partial charge is 0.265 e. The van der Waals surface area contributed by atoms with E-state index in [1.165, 1.54) is 11.1 Å². The second-order valence-corrected chi connectivity index (χ2v) is 9.57. The van der Waals surface area contributed by atoms with Crippen molar-refractivity contribution in [3.8, 4) is 0 Å². The van der Waals surface area contributed by atoms with Crippen LogP contribution in [-0.4, -0.2) is 69.0 Å². The third kappa shape index (κ3) is 4.79. The molecule has 188 valence electrons. The highest BCUT2D eigenvalue weighted by Crippen LogP contribution is 2.37. The molecule has 1 saturated heterocycles. The molecule has 1 atom stereocenters. The summed E-state index contributed by atoms with van der Waals surface area (Å²) in [6, 6.07) is 13.6. The topological polar surface area (TPSA) is 85.9 Å². The molecule has 0 aliphatic carbocycles. The van der Waals surface area contributed by atoms with Gasteiger partial charge >= 0.3 is 0 Å². The fourth-order valence-electron chi connectivity index (χ4n) is 4.59. The van der Waals surface area contributed by atoms with E-state index in [9.17, 15) is 4.79 Å². The van der Waals surface area contributed by atoms with Crippen LogP contribution in [0.3, 0.4) is 0 Å². The van der Waals surface area contributed by atoms with Gasteiger partial charge in [-0.25, -0.2) is 4.98 Å². The zero-order valence-electron chi connectivity index (χ0n) is 20.0. The van der Waals surface area contributed by atoms with Crippen molar-refractivity contribution in [2.45, 2.75) is 6.04 Å². The van der Waals surface area contributed by atoms with Crippen LogP contribution in [-0.2, 0) is 4.74 Å². The Balaban J connectivity index is 1.34. The van der Waals surface area contributed by atoms with E-state index in [1.54, 1.807) is 25.3 Å². The van der Waals surface area contributed by atoms with Gasteiger partial charge in [-0.2, -0.15) is 4.98 Å². The van der Waals surface area contributed by atoms with Crippen LogP contribution < -0.4 is 25.3 Å². The van der Waals surface area contributed by atoms with Gasteiger partial charge in [0.15, 0.2) is 0 Å². The van der Waals surface area contributed by atoms with E-state index in [4.69, 9.17) is 27.9 Å². The first-order valence-electron chi connectivity index (χ1n) is 11.6. The van der Waals surface area contributed by atoms with Crippen molar-refractivity contribution in [1.82, 2.24) is 15.3 Å². The predicted molar refractivity (Wildman–Crippen MR) is 144 cm³/mol. The fourth-order valence-corrected chi connectivity index (χ4v) is 5.19. The van der Waals surface area contributed by atoms with Crippen molar-refractivity contribution in [2.75, 3.05) is 67.1 Å². The summed E-state index contributed by atoms with van der Waals surface area (Å²) in [4.78, 5) is 28.0. The number of para-hydroxylation sites is 1. The minimum atomic E-state index is -0.254. The lowest BCUT2D eigenvalue weighted by Crippen LogP contribution is -2.53. The van der Waals surface area contributed by atoms with Crippen LogP contribution in [0.5, 0.6) is 0 Å². The number of piperazine rings is 1. The minimum absolute atomic E-state index is 0.254. The van der Waals surface area contributed by atoms with Crippen molar-refractivity contribution in [2.24, 2.45) is 0 Å². The number of amides is 1. The van der Waals surface area contributed by atoms with E-state index < -0.39 is 0 Å². The molecule has 11 heteroatoms. The first kappa shape index (κ1) is 24.6. The molecule has 0 radical (unpaired) electrons. The molecular formula is C25H27Cl2N7O2. The molecule has 3 heterocycles. The predicted octanol–water partition coefficient (Wildman–Crippen LogP) is 4.01. The van der Waals surface area contributed by atoms with Crippen LogP contribution in [0, 0.1) is 0 Å². The molecule has 0 saturated carbocycles. The van der Waals surface area contributed by atoms with Crippen molar-refractivity contribution in [3.63, 3.8) is 0 Å². The Kier molecular flexibility index (Phi) is 7.15.